The molecule has 7 aromatic rings. The van der Waals surface area contributed by atoms with Gasteiger partial charge < -0.3 is 74.5 Å². The van der Waals surface area contributed by atoms with E-state index in [4.69, 9.17) is 74.5 Å². The highest BCUT2D eigenvalue weighted by Crippen LogP contribution is 2.37. The van der Waals surface area contributed by atoms with Crippen molar-refractivity contribution in [3.8, 4) is 0 Å². The summed E-state index contributed by atoms with van der Waals surface area (Å²) in [5.74, 6) is -1.55. The van der Waals surface area contributed by atoms with E-state index in [0.29, 0.717) is 59.5 Å². The van der Waals surface area contributed by atoms with Crippen LogP contribution in [-0.4, -0.2) is 101 Å². The number of benzene rings is 7. The van der Waals surface area contributed by atoms with Crippen molar-refractivity contribution in [2.24, 2.45) is 0 Å². The zero-order chi connectivity index (χ0) is 73.7. The lowest BCUT2D eigenvalue weighted by atomic mass is 9.90. The van der Waals surface area contributed by atoms with Crippen LogP contribution in [0.4, 0.5) is 26.3 Å². The minimum absolute atomic E-state index is 0.122. The van der Waals surface area contributed by atoms with E-state index in [0.717, 1.165) is 66.8 Å². The molecule has 0 aromatic heterocycles. The first-order valence-corrected chi connectivity index (χ1v) is 38.2. The van der Waals surface area contributed by atoms with Gasteiger partial charge in [0.25, 0.3) is 0 Å². The lowest BCUT2D eigenvalue weighted by Gasteiger charge is -2.31. The Kier molecular flexibility index (Phi) is 40.1. The Bertz CT molecular complexity index is 3610. The summed E-state index contributed by atoms with van der Waals surface area (Å²) in [5, 5.41) is 0. The van der Waals surface area contributed by atoms with E-state index in [1.165, 1.54) is 72.8 Å². The van der Waals surface area contributed by atoms with Gasteiger partial charge in [0.2, 0.25) is 0 Å². The zero-order valence-electron chi connectivity index (χ0n) is 57.0. The van der Waals surface area contributed by atoms with Crippen LogP contribution in [0.1, 0.15) is 93.0 Å². The van der Waals surface area contributed by atoms with E-state index >= 15 is 0 Å². The van der Waals surface area contributed by atoms with E-state index in [1.807, 2.05) is 78.7 Å². The molecular formula is C67H76B6F6I6O16. The fourth-order valence-electron chi connectivity index (χ4n) is 8.62. The maximum Gasteiger partial charge on any atom is 0.640 e. The van der Waals surface area contributed by atoms with E-state index < -0.39 is 40.5 Å². The van der Waals surface area contributed by atoms with Crippen molar-refractivity contribution < 1.29 is 101 Å². The molecule has 0 spiro atoms. The second kappa shape index (κ2) is 45.9. The molecular weight excluding hydrogens is 2000 g/mol. The molecule has 0 bridgehead atoms. The Balaban J connectivity index is 0.000000192. The van der Waals surface area contributed by atoms with Crippen molar-refractivity contribution in [3.63, 3.8) is 0 Å². The lowest BCUT2D eigenvalue weighted by Crippen LogP contribution is -2.41. The molecule has 0 N–H and O–H groups in total. The summed E-state index contributed by atoms with van der Waals surface area (Å²) in [7, 11) is -1.63. The summed E-state index contributed by atoms with van der Waals surface area (Å²) >= 11 is 12.9. The van der Waals surface area contributed by atoms with Crippen LogP contribution in [0.3, 0.4) is 0 Å². The Hall–Kier alpha value is -1.75. The van der Waals surface area contributed by atoms with Gasteiger partial charge in [0.05, 0.1) is 76.8 Å². The maximum absolute atomic E-state index is 13.2. The predicted molar refractivity (Wildman–Crippen MR) is 428 cm³/mol. The Morgan fingerprint density at radius 1 is 0.426 bits per heavy atom. The summed E-state index contributed by atoms with van der Waals surface area (Å²) in [6, 6.07) is 37.6. The summed E-state index contributed by atoms with van der Waals surface area (Å²) in [5.41, 5.74) is 5.08. The van der Waals surface area contributed by atoms with Crippen LogP contribution in [0.2, 0.25) is 13.6 Å². The smallest absolute Gasteiger partial charge is 0.414 e. The molecule has 0 amide bonds. The van der Waals surface area contributed by atoms with Crippen molar-refractivity contribution in [1.29, 1.82) is 0 Å². The van der Waals surface area contributed by atoms with E-state index in [9.17, 15) is 26.3 Å². The lowest BCUT2D eigenvalue weighted by molar-refractivity contribution is 0.00578. The van der Waals surface area contributed by atoms with Crippen LogP contribution < -0.4 is 0 Å². The normalized spacial score (nSPS) is 15.8. The van der Waals surface area contributed by atoms with Crippen LogP contribution >= 0.6 is 136 Å². The van der Waals surface area contributed by atoms with Gasteiger partial charge in [-0.2, -0.15) is 0 Å². The van der Waals surface area contributed by atoms with Gasteiger partial charge in [-0.05, 0) is 345 Å². The molecule has 4 aliphatic heterocycles. The van der Waals surface area contributed by atoms with Crippen molar-refractivity contribution >= 4 is 179 Å². The van der Waals surface area contributed by atoms with Gasteiger partial charge in [0.15, 0.2) is 0 Å². The van der Waals surface area contributed by atoms with Crippen molar-refractivity contribution in [3.05, 3.63) is 235 Å². The minimum Gasteiger partial charge on any atom is -0.414 e. The van der Waals surface area contributed by atoms with Crippen LogP contribution in [0.15, 0.2) is 140 Å². The molecule has 0 aliphatic carbocycles. The molecule has 4 aliphatic rings. The number of hydrogen-bond donors (Lipinski definition) is 0. The molecule has 16 nitrogen and oxygen atoms in total. The minimum atomic E-state index is -0.718. The van der Waals surface area contributed by atoms with E-state index in [1.54, 1.807) is 50.3 Å². The van der Waals surface area contributed by atoms with Crippen LogP contribution in [0, 0.1) is 56.3 Å². The third-order valence-electron chi connectivity index (χ3n) is 14.7. The molecule has 0 radical (unpaired) electrons. The monoisotopic (exact) mass is 2080 g/mol. The third kappa shape index (κ3) is 32.5. The summed E-state index contributed by atoms with van der Waals surface area (Å²) in [6.45, 7) is 20.0. The second-order valence-corrected chi connectivity index (χ2v) is 30.4. The van der Waals surface area contributed by atoms with Gasteiger partial charge in [-0.1, -0.05) is 30.3 Å². The largest absolute Gasteiger partial charge is 0.640 e. The first kappa shape index (κ1) is 88.2. The van der Waals surface area contributed by atoms with Gasteiger partial charge in [-0.15, -0.1) is 0 Å². The SMILES string of the molecule is CB(OCc1cc(F)ccc1I)OC(C)C.CC1(C)OB(OCc2cc(F)ccc2I)OC1(C)C.COB(C)OCc1cc(F)ccc1I.Fc1ccc(I)c(COB2OCC(c3ccccc3)O2)c1.Fc1ccc(I)c(COB2OCCCO2)c1.Fc1ccc(I)c(COB2OCCO2)c1. The van der Waals surface area contributed by atoms with Gasteiger partial charge in [-0.3, -0.25) is 0 Å². The van der Waals surface area contributed by atoms with Gasteiger partial charge in [0, 0.05) is 47.8 Å². The number of halogens is 12. The molecule has 11 rings (SSSR count). The highest BCUT2D eigenvalue weighted by atomic mass is 127. The second-order valence-electron chi connectivity index (χ2n) is 23.5. The average Bonchev–Trinajstić information content (AvgIpc) is 1.64. The topological polar surface area (TPSA) is 148 Å². The first-order valence-electron chi connectivity index (χ1n) is 31.7. The molecule has 542 valence electrons. The standard InChI is InChI=1S/C15H13BFIO3.C13H17BFIO3.C11H15BFIO2.C10H11BFIO3.C9H9BFIO3.C9H11BFIO2/c17-13-6-7-14(18)12(8-13)9-19-16-20-10-15(21-16)11-4-2-1-3-5-11;1-12(2)13(3,4)19-14(18-12)17-8-9-7-10(15)5-6-11(9)16;1-8(2)16-12(3)15-7-9-6-10(13)4-5-11(9)14;12-9-2-3-10(13)8(6-9)7-16-11-14-4-1-5-15-11;11-8-1-2-9(12)7(5-8)6-15-10-13-3-4-14-10;1-10(13-2)14-6-7-5-8(11)3-4-9(7)12/h1-8,15H,9-10H2;5-7H,8H2,1-4H3;4-6,8H,7H2,1-3H3;2-3,6H,1,4-5,7H2;1-2,5H,3-4,6H2;3-5H,6H2,1-2H3. The predicted octanol–water partition coefficient (Wildman–Crippen LogP) is 17.8. The highest BCUT2D eigenvalue weighted by molar-refractivity contribution is 14.1. The van der Waals surface area contributed by atoms with Crippen molar-refractivity contribution in [2.75, 3.05) is 40.1 Å². The summed E-state index contributed by atoms with van der Waals surface area (Å²) in [4.78, 5) is 0. The summed E-state index contributed by atoms with van der Waals surface area (Å²) in [6.07, 6.45) is 0.890. The Morgan fingerprint density at radius 2 is 0.743 bits per heavy atom. The van der Waals surface area contributed by atoms with Crippen LogP contribution in [0.5, 0.6) is 0 Å². The molecule has 1 unspecified atom stereocenters. The number of hydrogen-bond acceptors (Lipinski definition) is 16. The van der Waals surface area contributed by atoms with Crippen LogP contribution in [0.25, 0.3) is 0 Å². The molecule has 7 aromatic carbocycles. The van der Waals surface area contributed by atoms with Gasteiger partial charge in [-0.25, -0.2) is 26.3 Å². The Labute approximate surface area is 672 Å². The van der Waals surface area contributed by atoms with E-state index in [-0.39, 0.29) is 74.6 Å². The molecule has 4 saturated heterocycles. The van der Waals surface area contributed by atoms with Crippen LogP contribution in [-0.2, 0) is 114 Å². The molecule has 4 fully saturated rings. The molecule has 4 heterocycles. The zero-order valence-corrected chi connectivity index (χ0v) is 69.9. The average molecular weight is 2080 g/mol. The Morgan fingerprint density at radius 3 is 1.09 bits per heavy atom. The number of rotatable bonds is 22. The van der Waals surface area contributed by atoms with Crippen molar-refractivity contribution in [2.45, 2.75) is 125 Å². The molecule has 34 heteroatoms. The molecule has 0 saturated carbocycles. The molecule has 1 atom stereocenters. The maximum atomic E-state index is 13.2. The van der Waals surface area contributed by atoms with Gasteiger partial charge >= 0.3 is 43.5 Å². The van der Waals surface area contributed by atoms with Crippen molar-refractivity contribution in [1.82, 2.24) is 0 Å². The fraction of sp³-hybridized carbons (Fsp3) is 0.373. The van der Waals surface area contributed by atoms with Gasteiger partial charge in [0.1, 0.15) is 34.9 Å². The first-order chi connectivity index (χ1) is 48.1. The van der Waals surface area contributed by atoms with E-state index in [2.05, 4.69) is 136 Å². The quantitative estimate of drug-likeness (QED) is 0.0360. The summed E-state index contributed by atoms with van der Waals surface area (Å²) < 4.78 is 170. The fourth-order valence-corrected chi connectivity index (χ4v) is 11.6. The molecule has 101 heavy (non-hydrogen) atoms. The highest BCUT2D eigenvalue weighted by Gasteiger charge is 2.53. The third-order valence-corrected chi connectivity index (χ3v) is 21.1.